The first-order valence-corrected chi connectivity index (χ1v) is 11.8. The SMILES string of the molecule is CCOC(=O)N1CCC(CN2CC[C@H](NC(=O)c3cc(Cl)c(N)cc3OC)[C@H](OC)C2)CC1. The lowest BCUT2D eigenvalue weighted by molar-refractivity contribution is -0.00137. The molecule has 0 aromatic heterocycles. The Morgan fingerprint density at radius 3 is 2.55 bits per heavy atom. The van der Waals surface area contributed by atoms with Crippen molar-refractivity contribution in [3.8, 4) is 5.75 Å². The predicted octanol–water partition coefficient (Wildman–Crippen LogP) is 2.62. The Morgan fingerprint density at radius 2 is 1.91 bits per heavy atom. The van der Waals surface area contributed by atoms with Crippen LogP contribution >= 0.6 is 11.6 Å². The summed E-state index contributed by atoms with van der Waals surface area (Å²) in [6, 6.07) is 2.97. The molecule has 2 amide bonds. The van der Waals surface area contributed by atoms with E-state index in [1.54, 1.807) is 18.1 Å². The zero-order chi connectivity index (χ0) is 24.0. The molecule has 1 aromatic carbocycles. The van der Waals surface area contributed by atoms with E-state index in [1.807, 2.05) is 6.92 Å². The number of anilines is 1. The molecular formula is C23H35ClN4O5. The van der Waals surface area contributed by atoms with E-state index in [2.05, 4.69) is 10.2 Å². The lowest BCUT2D eigenvalue weighted by Crippen LogP contribution is -2.55. The Labute approximate surface area is 200 Å². The second kappa shape index (κ2) is 11.8. The van der Waals surface area contributed by atoms with Crippen molar-refractivity contribution in [1.82, 2.24) is 15.1 Å². The Kier molecular flexibility index (Phi) is 9.05. The predicted molar refractivity (Wildman–Crippen MR) is 127 cm³/mol. The fraction of sp³-hybridized carbons (Fsp3) is 0.652. The molecule has 2 aliphatic heterocycles. The third kappa shape index (κ3) is 6.43. The number of amides is 2. The van der Waals surface area contributed by atoms with Crippen molar-refractivity contribution in [3.63, 3.8) is 0 Å². The second-order valence-corrected chi connectivity index (χ2v) is 9.01. The molecule has 9 nitrogen and oxygen atoms in total. The van der Waals surface area contributed by atoms with Gasteiger partial charge in [-0.2, -0.15) is 0 Å². The van der Waals surface area contributed by atoms with E-state index < -0.39 is 0 Å². The van der Waals surface area contributed by atoms with Crippen LogP contribution in [0.3, 0.4) is 0 Å². The molecule has 2 saturated heterocycles. The number of rotatable bonds is 7. The summed E-state index contributed by atoms with van der Waals surface area (Å²) in [7, 11) is 3.17. The highest BCUT2D eigenvalue weighted by Crippen LogP contribution is 2.29. The number of halogens is 1. The van der Waals surface area contributed by atoms with Gasteiger partial charge in [-0.1, -0.05) is 11.6 Å². The van der Waals surface area contributed by atoms with Crippen LogP contribution in [0, 0.1) is 5.92 Å². The average molecular weight is 483 g/mol. The van der Waals surface area contributed by atoms with Gasteiger partial charge in [-0.25, -0.2) is 4.79 Å². The zero-order valence-electron chi connectivity index (χ0n) is 19.6. The van der Waals surface area contributed by atoms with Crippen molar-refractivity contribution in [2.45, 2.75) is 38.3 Å². The molecule has 0 radical (unpaired) electrons. The van der Waals surface area contributed by atoms with Crippen LogP contribution in [0.4, 0.5) is 10.5 Å². The van der Waals surface area contributed by atoms with E-state index in [0.717, 1.165) is 52.0 Å². The van der Waals surface area contributed by atoms with Gasteiger partial charge in [0.15, 0.2) is 0 Å². The summed E-state index contributed by atoms with van der Waals surface area (Å²) >= 11 is 6.12. The van der Waals surface area contributed by atoms with Gasteiger partial charge in [-0.3, -0.25) is 4.79 Å². The third-order valence-corrected chi connectivity index (χ3v) is 6.81. The van der Waals surface area contributed by atoms with Crippen molar-refractivity contribution in [1.29, 1.82) is 0 Å². The van der Waals surface area contributed by atoms with E-state index in [1.165, 1.54) is 13.2 Å². The number of nitrogens with one attached hydrogen (secondary N) is 1. The maximum Gasteiger partial charge on any atom is 0.409 e. The number of nitrogens with two attached hydrogens (primary N) is 1. The van der Waals surface area contributed by atoms with E-state index in [4.69, 9.17) is 31.5 Å². The molecule has 0 unspecified atom stereocenters. The number of nitrogens with zero attached hydrogens (tertiary/aromatic N) is 2. The van der Waals surface area contributed by atoms with Crippen molar-refractivity contribution >= 4 is 29.3 Å². The molecule has 2 atom stereocenters. The minimum Gasteiger partial charge on any atom is -0.496 e. The Morgan fingerprint density at radius 1 is 1.18 bits per heavy atom. The fourth-order valence-electron chi connectivity index (χ4n) is 4.59. The van der Waals surface area contributed by atoms with Crippen molar-refractivity contribution in [3.05, 3.63) is 22.7 Å². The van der Waals surface area contributed by atoms with E-state index in [0.29, 0.717) is 34.5 Å². The van der Waals surface area contributed by atoms with Gasteiger partial charge in [0, 0.05) is 45.9 Å². The van der Waals surface area contributed by atoms with Gasteiger partial charge in [0.05, 0.1) is 42.1 Å². The molecule has 33 heavy (non-hydrogen) atoms. The molecular weight excluding hydrogens is 448 g/mol. The van der Waals surface area contributed by atoms with Gasteiger partial charge in [0.1, 0.15) is 5.75 Å². The van der Waals surface area contributed by atoms with E-state index in [-0.39, 0.29) is 24.1 Å². The molecule has 2 fully saturated rings. The summed E-state index contributed by atoms with van der Waals surface area (Å²) in [5.41, 5.74) is 6.54. The molecule has 1 aromatic rings. The van der Waals surface area contributed by atoms with Gasteiger partial charge in [-0.05, 0) is 38.2 Å². The Bertz CT molecular complexity index is 831. The van der Waals surface area contributed by atoms with Crippen LogP contribution in [-0.4, -0.2) is 87.5 Å². The standard InChI is InChI=1S/C23H35ClN4O5/c1-4-33-23(30)28-9-5-15(6-10-28)13-27-8-7-19(21(14-27)32-3)26-22(29)16-11-17(24)18(25)12-20(16)31-2/h11-12,15,19,21H,4-10,13-14,25H2,1-3H3,(H,26,29)/t19-,21+/m0/s1. The number of likely N-dealkylation sites (tertiary alicyclic amines) is 2. The van der Waals surface area contributed by atoms with Crippen molar-refractivity contribution in [2.75, 3.05) is 59.3 Å². The highest BCUT2D eigenvalue weighted by Gasteiger charge is 2.33. The summed E-state index contributed by atoms with van der Waals surface area (Å²) < 4.78 is 16.1. The summed E-state index contributed by atoms with van der Waals surface area (Å²) in [5.74, 6) is 0.649. The molecule has 0 aliphatic carbocycles. The molecule has 0 spiro atoms. The minimum absolute atomic E-state index is 0.120. The third-order valence-electron chi connectivity index (χ3n) is 6.48. The number of methoxy groups -OCH3 is 2. The lowest BCUT2D eigenvalue weighted by atomic mass is 9.94. The van der Waals surface area contributed by atoms with Crippen molar-refractivity contribution in [2.24, 2.45) is 5.92 Å². The Hall–Kier alpha value is -2.23. The largest absolute Gasteiger partial charge is 0.496 e. The van der Waals surface area contributed by atoms with Gasteiger partial charge in [0.25, 0.3) is 5.91 Å². The number of benzene rings is 1. The maximum atomic E-state index is 12.9. The molecule has 2 aliphatic rings. The first kappa shape index (κ1) is 25.4. The van der Waals surface area contributed by atoms with Crippen LogP contribution < -0.4 is 15.8 Å². The van der Waals surface area contributed by atoms with Crippen molar-refractivity contribution < 1.29 is 23.8 Å². The molecule has 0 bridgehead atoms. The van der Waals surface area contributed by atoms with Crippen LogP contribution in [0.5, 0.6) is 5.75 Å². The quantitative estimate of drug-likeness (QED) is 0.575. The van der Waals surface area contributed by atoms with Crippen LogP contribution in [0.2, 0.25) is 5.02 Å². The van der Waals surface area contributed by atoms with Crippen LogP contribution in [0.15, 0.2) is 12.1 Å². The average Bonchev–Trinajstić information content (AvgIpc) is 2.82. The molecule has 184 valence electrons. The minimum atomic E-state index is -0.263. The number of hydrogen-bond donors (Lipinski definition) is 2. The molecule has 3 rings (SSSR count). The number of piperidine rings is 2. The van der Waals surface area contributed by atoms with Crippen LogP contribution in [-0.2, 0) is 9.47 Å². The number of carbonyl (C=O) groups is 2. The molecule has 0 saturated carbocycles. The first-order valence-electron chi connectivity index (χ1n) is 11.5. The lowest BCUT2D eigenvalue weighted by Gasteiger charge is -2.40. The van der Waals surface area contributed by atoms with Crippen LogP contribution in [0.1, 0.15) is 36.5 Å². The molecule has 2 heterocycles. The number of nitrogen functional groups attached to an aromatic ring is 1. The maximum absolute atomic E-state index is 12.9. The van der Waals surface area contributed by atoms with Gasteiger partial charge >= 0.3 is 6.09 Å². The monoisotopic (exact) mass is 482 g/mol. The highest BCUT2D eigenvalue weighted by molar-refractivity contribution is 6.33. The number of hydrogen-bond acceptors (Lipinski definition) is 7. The topological polar surface area (TPSA) is 106 Å². The number of ether oxygens (including phenoxy) is 3. The summed E-state index contributed by atoms with van der Waals surface area (Å²) in [4.78, 5) is 29.0. The summed E-state index contributed by atoms with van der Waals surface area (Å²) in [5, 5.41) is 3.40. The van der Waals surface area contributed by atoms with Gasteiger partial charge in [0.2, 0.25) is 0 Å². The molecule has 3 N–H and O–H groups in total. The number of carbonyl (C=O) groups excluding carboxylic acids is 2. The van der Waals surface area contributed by atoms with Gasteiger partial charge < -0.3 is 35.1 Å². The van der Waals surface area contributed by atoms with Crippen LogP contribution in [0.25, 0.3) is 0 Å². The Balaban J connectivity index is 1.52. The van der Waals surface area contributed by atoms with E-state index >= 15 is 0 Å². The normalized spacial score (nSPS) is 22.1. The first-order chi connectivity index (χ1) is 15.9. The van der Waals surface area contributed by atoms with Gasteiger partial charge in [-0.15, -0.1) is 0 Å². The fourth-order valence-corrected chi connectivity index (χ4v) is 4.75. The summed E-state index contributed by atoms with van der Waals surface area (Å²) in [6.45, 7) is 6.25. The highest BCUT2D eigenvalue weighted by atomic mass is 35.5. The van der Waals surface area contributed by atoms with E-state index in [9.17, 15) is 9.59 Å². The smallest absolute Gasteiger partial charge is 0.409 e. The zero-order valence-corrected chi connectivity index (χ0v) is 20.4. The summed E-state index contributed by atoms with van der Waals surface area (Å²) in [6.07, 6.45) is 2.36. The second-order valence-electron chi connectivity index (χ2n) is 8.61. The molecule has 10 heteroatoms.